The van der Waals surface area contributed by atoms with Crippen LogP contribution in [0.1, 0.15) is 79.1 Å². The molecule has 24 heavy (non-hydrogen) atoms. The van der Waals surface area contributed by atoms with Crippen LogP contribution in [0.3, 0.4) is 0 Å². The molecule has 0 heterocycles. The summed E-state index contributed by atoms with van der Waals surface area (Å²) >= 11 is 0. The fourth-order valence-corrected chi connectivity index (χ4v) is 6.96. The summed E-state index contributed by atoms with van der Waals surface area (Å²) in [6, 6.07) is 0. The van der Waals surface area contributed by atoms with Gasteiger partial charge in [-0.3, -0.25) is 9.11 Å². The average molecular weight is 387 g/mol. The van der Waals surface area contributed by atoms with Gasteiger partial charge in [0.05, 0.1) is 5.75 Å². The molecule has 0 aromatic carbocycles. The van der Waals surface area contributed by atoms with E-state index in [1.807, 2.05) is 13.8 Å². The lowest BCUT2D eigenvalue weighted by atomic mass is 9.78. The van der Waals surface area contributed by atoms with Gasteiger partial charge in [0.25, 0.3) is 20.2 Å². The maximum Gasteiger partial charge on any atom is 0.272 e. The van der Waals surface area contributed by atoms with Gasteiger partial charge < -0.3 is 0 Å². The summed E-state index contributed by atoms with van der Waals surface area (Å²) in [4.78, 5) is 0. The van der Waals surface area contributed by atoms with E-state index in [1.54, 1.807) is 13.8 Å². The minimum absolute atomic E-state index is 0.487. The molecular formula is C16H34O6S2. The number of unbranched alkanes of at least 4 members (excludes halogenated alkanes) is 4. The molecule has 0 radical (unpaired) electrons. The lowest BCUT2D eigenvalue weighted by molar-refractivity contribution is 0.247. The standard InChI is InChI=1S/C16H34O6S2/c1-5-7-9-11-14(3)16(24(20,21)22,13-23(17,18)19)15(4)12-10-8-6-2/h14-15H,5-13H2,1-4H3,(H,17,18,19)(H,20,21,22). The van der Waals surface area contributed by atoms with Gasteiger partial charge in [0.2, 0.25) is 0 Å². The first kappa shape index (κ1) is 23.8. The van der Waals surface area contributed by atoms with Gasteiger partial charge in [-0.1, -0.05) is 66.2 Å². The van der Waals surface area contributed by atoms with E-state index < -0.39 is 42.6 Å². The van der Waals surface area contributed by atoms with Gasteiger partial charge in [-0.2, -0.15) is 16.8 Å². The Labute approximate surface area is 147 Å². The van der Waals surface area contributed by atoms with E-state index in [-0.39, 0.29) is 0 Å². The van der Waals surface area contributed by atoms with Crippen LogP contribution >= 0.6 is 0 Å². The molecule has 0 amide bonds. The molecule has 0 spiro atoms. The van der Waals surface area contributed by atoms with Crippen LogP contribution in [0.15, 0.2) is 0 Å². The Hall–Kier alpha value is -0.180. The highest BCUT2D eigenvalue weighted by Crippen LogP contribution is 2.40. The van der Waals surface area contributed by atoms with Crippen molar-refractivity contribution in [3.8, 4) is 0 Å². The first-order chi connectivity index (χ1) is 10.9. The Bertz CT molecular complexity index is 537. The third-order valence-corrected chi connectivity index (χ3v) is 7.97. The molecule has 0 aliphatic carbocycles. The monoisotopic (exact) mass is 386 g/mol. The molecule has 0 rings (SSSR count). The summed E-state index contributed by atoms with van der Waals surface area (Å²) in [5.41, 5.74) is 0. The third-order valence-electron chi connectivity index (χ3n) is 5.04. The highest BCUT2D eigenvalue weighted by atomic mass is 32.2. The highest BCUT2D eigenvalue weighted by Gasteiger charge is 2.53. The van der Waals surface area contributed by atoms with E-state index in [0.29, 0.717) is 12.8 Å². The molecule has 0 saturated heterocycles. The molecule has 0 aliphatic rings. The summed E-state index contributed by atoms with van der Waals surface area (Å²) in [6.07, 6.45) is 6.20. The smallest absolute Gasteiger partial charge is 0.272 e. The molecule has 0 aromatic rings. The van der Waals surface area contributed by atoms with Crippen LogP contribution in [-0.2, 0) is 20.2 Å². The average Bonchev–Trinajstić information content (AvgIpc) is 2.42. The molecule has 0 fully saturated rings. The fraction of sp³-hybridized carbons (Fsp3) is 1.00. The minimum atomic E-state index is -4.67. The van der Waals surface area contributed by atoms with Crippen molar-refractivity contribution < 1.29 is 25.9 Å². The quantitative estimate of drug-likeness (QED) is 0.367. The van der Waals surface area contributed by atoms with E-state index in [1.165, 1.54) is 0 Å². The van der Waals surface area contributed by atoms with Crippen molar-refractivity contribution in [1.82, 2.24) is 0 Å². The minimum Gasteiger partial charge on any atom is -0.285 e. The molecule has 2 N–H and O–H groups in total. The summed E-state index contributed by atoms with van der Waals surface area (Å²) < 4.78 is 65.0. The normalized spacial score (nSPS) is 18.1. The van der Waals surface area contributed by atoms with Crippen LogP contribution in [0, 0.1) is 11.8 Å². The lowest BCUT2D eigenvalue weighted by Crippen LogP contribution is -2.54. The Morgan fingerprint density at radius 3 is 1.42 bits per heavy atom. The van der Waals surface area contributed by atoms with Gasteiger partial charge in [-0.25, -0.2) is 0 Å². The van der Waals surface area contributed by atoms with Crippen LogP contribution in [0.25, 0.3) is 0 Å². The van der Waals surface area contributed by atoms with Crippen molar-refractivity contribution >= 4 is 20.2 Å². The Morgan fingerprint density at radius 2 is 1.17 bits per heavy atom. The van der Waals surface area contributed by atoms with Crippen LogP contribution in [-0.4, -0.2) is 36.4 Å². The molecule has 0 saturated carbocycles. The molecule has 6 nitrogen and oxygen atoms in total. The van der Waals surface area contributed by atoms with Gasteiger partial charge in [0.15, 0.2) is 0 Å². The maximum atomic E-state index is 12.3. The van der Waals surface area contributed by atoms with Gasteiger partial charge in [0.1, 0.15) is 4.75 Å². The molecule has 0 aromatic heterocycles. The largest absolute Gasteiger partial charge is 0.285 e. The molecule has 2 atom stereocenters. The van der Waals surface area contributed by atoms with Gasteiger partial charge in [-0.05, 0) is 24.7 Å². The molecular weight excluding hydrogens is 352 g/mol. The Kier molecular flexibility index (Phi) is 10.0. The Morgan fingerprint density at radius 1 is 0.792 bits per heavy atom. The van der Waals surface area contributed by atoms with Crippen molar-refractivity contribution in [3.63, 3.8) is 0 Å². The van der Waals surface area contributed by atoms with Gasteiger partial charge in [-0.15, -0.1) is 0 Å². The zero-order chi connectivity index (χ0) is 19.0. The van der Waals surface area contributed by atoms with Crippen LogP contribution in [0.5, 0.6) is 0 Å². The highest BCUT2D eigenvalue weighted by molar-refractivity contribution is 7.90. The first-order valence-corrected chi connectivity index (χ1v) is 11.9. The summed E-state index contributed by atoms with van der Waals surface area (Å²) in [6.45, 7) is 7.36. The van der Waals surface area contributed by atoms with Gasteiger partial charge >= 0.3 is 0 Å². The van der Waals surface area contributed by atoms with Crippen molar-refractivity contribution in [2.75, 3.05) is 5.75 Å². The van der Waals surface area contributed by atoms with E-state index in [0.717, 1.165) is 38.5 Å². The first-order valence-electron chi connectivity index (χ1n) is 8.84. The molecule has 146 valence electrons. The zero-order valence-electron chi connectivity index (χ0n) is 15.4. The van der Waals surface area contributed by atoms with Crippen molar-refractivity contribution in [3.05, 3.63) is 0 Å². The number of hydrogen-bond acceptors (Lipinski definition) is 4. The predicted molar refractivity (Wildman–Crippen MR) is 97.3 cm³/mol. The van der Waals surface area contributed by atoms with Crippen LogP contribution < -0.4 is 0 Å². The second-order valence-corrected chi connectivity index (χ2v) is 10.1. The van der Waals surface area contributed by atoms with Crippen LogP contribution in [0.2, 0.25) is 0 Å². The van der Waals surface area contributed by atoms with E-state index >= 15 is 0 Å². The van der Waals surface area contributed by atoms with Gasteiger partial charge in [0, 0.05) is 0 Å². The molecule has 0 bridgehead atoms. The summed E-state index contributed by atoms with van der Waals surface area (Å²) in [5, 5.41) is 0. The third kappa shape index (κ3) is 6.98. The summed E-state index contributed by atoms with van der Waals surface area (Å²) in [5.74, 6) is -2.10. The van der Waals surface area contributed by atoms with Crippen molar-refractivity contribution in [1.29, 1.82) is 0 Å². The lowest BCUT2D eigenvalue weighted by Gasteiger charge is -2.40. The maximum absolute atomic E-state index is 12.3. The van der Waals surface area contributed by atoms with Crippen molar-refractivity contribution in [2.45, 2.75) is 83.8 Å². The van der Waals surface area contributed by atoms with E-state index in [9.17, 15) is 25.9 Å². The second-order valence-electron chi connectivity index (χ2n) is 6.95. The SMILES string of the molecule is CCCCCC(C)C(CS(=O)(=O)O)(C(C)CCCCC)S(=O)(=O)O. The second kappa shape index (κ2) is 10.1. The summed E-state index contributed by atoms with van der Waals surface area (Å²) in [7, 11) is -9.23. The van der Waals surface area contributed by atoms with Crippen molar-refractivity contribution in [2.24, 2.45) is 11.8 Å². The molecule has 2 unspecified atom stereocenters. The number of hydrogen-bond donors (Lipinski definition) is 2. The Balaban J connectivity index is 5.78. The molecule has 8 heteroatoms. The van der Waals surface area contributed by atoms with Crippen LogP contribution in [0.4, 0.5) is 0 Å². The molecule has 0 aliphatic heterocycles. The predicted octanol–water partition coefficient (Wildman–Crippen LogP) is 3.93. The zero-order valence-corrected chi connectivity index (χ0v) is 17.0. The topological polar surface area (TPSA) is 109 Å². The van der Waals surface area contributed by atoms with E-state index in [2.05, 4.69) is 0 Å². The fourth-order valence-electron chi connectivity index (χ4n) is 3.53. The number of rotatable bonds is 13. The van der Waals surface area contributed by atoms with E-state index in [4.69, 9.17) is 0 Å².